The highest BCUT2D eigenvalue weighted by Gasteiger charge is 2.15. The normalized spacial score (nSPS) is 22.5. The fourth-order valence-corrected chi connectivity index (χ4v) is 2.30. The molecule has 1 N–H and O–H groups in total. The average molecular weight is 188 g/mol. The van der Waals surface area contributed by atoms with Crippen molar-refractivity contribution in [3.8, 4) is 0 Å². The summed E-state index contributed by atoms with van der Waals surface area (Å²) < 4.78 is 0. The molecule has 1 atom stereocenters. The summed E-state index contributed by atoms with van der Waals surface area (Å²) in [6, 6.07) is 0.761. The second-order valence-corrected chi connectivity index (χ2v) is 4.61. The van der Waals surface area contributed by atoms with E-state index in [1.54, 1.807) is 0 Å². The molecule has 1 heterocycles. The lowest BCUT2D eigenvalue weighted by Crippen LogP contribution is -2.48. The van der Waals surface area contributed by atoms with E-state index in [1.807, 2.05) is 11.8 Å². The Balaban J connectivity index is 2.15. The van der Waals surface area contributed by atoms with Gasteiger partial charge in [0.25, 0.3) is 0 Å². The third kappa shape index (κ3) is 3.33. The van der Waals surface area contributed by atoms with Crippen LogP contribution in [0, 0.1) is 0 Å². The summed E-state index contributed by atoms with van der Waals surface area (Å²) in [4.78, 5) is 2.58. The van der Waals surface area contributed by atoms with E-state index in [-0.39, 0.29) is 0 Å². The predicted octanol–water partition coefficient (Wildman–Crippen LogP) is 1.03. The number of piperazine rings is 1. The maximum absolute atomic E-state index is 3.38. The number of hydrogen-bond donors (Lipinski definition) is 1. The fraction of sp³-hybridized carbons (Fsp3) is 1.00. The lowest BCUT2D eigenvalue weighted by molar-refractivity contribution is 0.198. The molecular formula is C9H20N2S. The monoisotopic (exact) mass is 188 g/mol. The molecule has 72 valence electrons. The third-order valence-electron chi connectivity index (χ3n) is 2.34. The second-order valence-electron chi connectivity index (χ2n) is 3.29. The van der Waals surface area contributed by atoms with Gasteiger partial charge in [-0.1, -0.05) is 6.92 Å². The zero-order valence-electron chi connectivity index (χ0n) is 8.18. The molecule has 0 aromatic carbocycles. The van der Waals surface area contributed by atoms with Gasteiger partial charge in [0.05, 0.1) is 0 Å². The van der Waals surface area contributed by atoms with Crippen molar-refractivity contribution in [2.24, 2.45) is 0 Å². The standard InChI is InChI=1S/C9H20N2S/c1-3-12-8-9(2)11-6-4-10-5-7-11/h9-10H,3-8H2,1-2H3. The highest BCUT2D eigenvalue weighted by molar-refractivity contribution is 7.99. The number of nitrogens with one attached hydrogen (secondary N) is 1. The molecule has 2 nitrogen and oxygen atoms in total. The van der Waals surface area contributed by atoms with Crippen LogP contribution in [0.1, 0.15) is 13.8 Å². The Morgan fingerprint density at radius 3 is 2.67 bits per heavy atom. The molecule has 0 aromatic rings. The van der Waals surface area contributed by atoms with E-state index in [2.05, 4.69) is 24.1 Å². The van der Waals surface area contributed by atoms with Gasteiger partial charge < -0.3 is 5.32 Å². The van der Waals surface area contributed by atoms with Gasteiger partial charge in [-0.05, 0) is 12.7 Å². The van der Waals surface area contributed by atoms with E-state index in [1.165, 1.54) is 37.7 Å². The molecule has 3 heteroatoms. The van der Waals surface area contributed by atoms with Gasteiger partial charge in [-0.25, -0.2) is 0 Å². The van der Waals surface area contributed by atoms with Crippen molar-refractivity contribution >= 4 is 11.8 Å². The molecule has 1 rings (SSSR count). The first-order chi connectivity index (χ1) is 5.84. The molecule has 0 bridgehead atoms. The summed E-state index contributed by atoms with van der Waals surface area (Å²) in [5.74, 6) is 2.53. The molecule has 1 fully saturated rings. The quantitative estimate of drug-likeness (QED) is 0.709. The van der Waals surface area contributed by atoms with Crippen molar-refractivity contribution in [3.63, 3.8) is 0 Å². The van der Waals surface area contributed by atoms with Crippen LogP contribution in [0.25, 0.3) is 0 Å². The van der Waals surface area contributed by atoms with Crippen LogP contribution in [0.2, 0.25) is 0 Å². The van der Waals surface area contributed by atoms with Crippen LogP contribution in [0.15, 0.2) is 0 Å². The predicted molar refractivity (Wildman–Crippen MR) is 56.9 cm³/mol. The zero-order chi connectivity index (χ0) is 8.81. The summed E-state index contributed by atoms with van der Waals surface area (Å²) in [6.07, 6.45) is 0. The summed E-state index contributed by atoms with van der Waals surface area (Å²) in [7, 11) is 0. The number of hydrogen-bond acceptors (Lipinski definition) is 3. The van der Waals surface area contributed by atoms with Crippen LogP contribution < -0.4 is 5.32 Å². The summed E-state index contributed by atoms with van der Waals surface area (Å²) in [6.45, 7) is 9.36. The highest BCUT2D eigenvalue weighted by atomic mass is 32.2. The van der Waals surface area contributed by atoms with Crippen molar-refractivity contribution < 1.29 is 0 Å². The Labute approximate surface area is 80.1 Å². The molecule has 0 amide bonds. The van der Waals surface area contributed by atoms with Crippen molar-refractivity contribution in [1.29, 1.82) is 0 Å². The molecule has 0 aromatic heterocycles. The highest BCUT2D eigenvalue weighted by Crippen LogP contribution is 2.08. The first-order valence-corrected chi connectivity index (χ1v) is 6.02. The Morgan fingerprint density at radius 2 is 2.08 bits per heavy atom. The van der Waals surface area contributed by atoms with Gasteiger partial charge in [0.1, 0.15) is 0 Å². The minimum atomic E-state index is 0.761. The summed E-state index contributed by atoms with van der Waals surface area (Å²) >= 11 is 2.05. The molecule has 0 spiro atoms. The molecular weight excluding hydrogens is 168 g/mol. The molecule has 0 aliphatic carbocycles. The molecule has 1 unspecified atom stereocenters. The number of rotatable bonds is 4. The lowest BCUT2D eigenvalue weighted by atomic mass is 10.3. The van der Waals surface area contributed by atoms with Crippen molar-refractivity contribution in [2.75, 3.05) is 37.7 Å². The van der Waals surface area contributed by atoms with Gasteiger partial charge in [0, 0.05) is 38.0 Å². The molecule has 1 aliphatic heterocycles. The fourth-order valence-electron chi connectivity index (χ4n) is 1.52. The van der Waals surface area contributed by atoms with E-state index >= 15 is 0 Å². The Hall–Kier alpha value is 0.270. The first-order valence-electron chi connectivity index (χ1n) is 4.87. The number of nitrogens with zero attached hydrogens (tertiary/aromatic N) is 1. The van der Waals surface area contributed by atoms with Crippen molar-refractivity contribution in [1.82, 2.24) is 10.2 Å². The molecule has 12 heavy (non-hydrogen) atoms. The van der Waals surface area contributed by atoms with Crippen molar-refractivity contribution in [2.45, 2.75) is 19.9 Å². The third-order valence-corrected chi connectivity index (χ3v) is 3.46. The average Bonchev–Trinajstić information content (AvgIpc) is 2.15. The van der Waals surface area contributed by atoms with Gasteiger partial charge in [-0.3, -0.25) is 4.90 Å². The van der Waals surface area contributed by atoms with Gasteiger partial charge in [-0.2, -0.15) is 11.8 Å². The summed E-state index contributed by atoms with van der Waals surface area (Å²) in [5, 5.41) is 3.38. The van der Waals surface area contributed by atoms with Crippen LogP contribution in [-0.2, 0) is 0 Å². The Bertz CT molecular complexity index is 113. The van der Waals surface area contributed by atoms with E-state index in [9.17, 15) is 0 Å². The zero-order valence-corrected chi connectivity index (χ0v) is 8.99. The second kappa shape index (κ2) is 5.84. The van der Waals surface area contributed by atoms with E-state index < -0.39 is 0 Å². The van der Waals surface area contributed by atoms with Crippen molar-refractivity contribution in [3.05, 3.63) is 0 Å². The van der Waals surface area contributed by atoms with Crippen LogP contribution in [0.4, 0.5) is 0 Å². The van der Waals surface area contributed by atoms with Crippen LogP contribution in [0.3, 0.4) is 0 Å². The van der Waals surface area contributed by atoms with Crippen LogP contribution >= 0.6 is 11.8 Å². The Kier molecular flexibility index (Phi) is 5.04. The minimum absolute atomic E-state index is 0.761. The smallest absolute Gasteiger partial charge is 0.0159 e. The maximum atomic E-state index is 3.38. The number of thioether (sulfide) groups is 1. The lowest BCUT2D eigenvalue weighted by Gasteiger charge is -2.32. The molecule has 0 saturated carbocycles. The topological polar surface area (TPSA) is 15.3 Å². The largest absolute Gasteiger partial charge is 0.314 e. The SMILES string of the molecule is CCSCC(C)N1CCNCC1. The van der Waals surface area contributed by atoms with E-state index in [0.29, 0.717) is 0 Å². The summed E-state index contributed by atoms with van der Waals surface area (Å²) in [5.41, 5.74) is 0. The van der Waals surface area contributed by atoms with Gasteiger partial charge >= 0.3 is 0 Å². The van der Waals surface area contributed by atoms with Gasteiger partial charge in [0.15, 0.2) is 0 Å². The Morgan fingerprint density at radius 1 is 1.42 bits per heavy atom. The minimum Gasteiger partial charge on any atom is -0.314 e. The van der Waals surface area contributed by atoms with Gasteiger partial charge in [0.2, 0.25) is 0 Å². The van der Waals surface area contributed by atoms with Crippen LogP contribution in [0.5, 0.6) is 0 Å². The first kappa shape index (κ1) is 10.4. The van der Waals surface area contributed by atoms with E-state index in [4.69, 9.17) is 0 Å². The maximum Gasteiger partial charge on any atom is 0.0159 e. The molecule has 1 saturated heterocycles. The van der Waals surface area contributed by atoms with Crippen LogP contribution in [-0.4, -0.2) is 48.6 Å². The van der Waals surface area contributed by atoms with E-state index in [0.717, 1.165) is 6.04 Å². The molecule has 1 aliphatic rings. The molecule has 0 radical (unpaired) electrons. The van der Waals surface area contributed by atoms with Gasteiger partial charge in [-0.15, -0.1) is 0 Å².